The van der Waals surface area contributed by atoms with Crippen LogP contribution in [0.5, 0.6) is 0 Å². The molecule has 0 radical (unpaired) electrons. The van der Waals surface area contributed by atoms with Crippen LogP contribution in [0.25, 0.3) is 0 Å². The van der Waals surface area contributed by atoms with E-state index in [9.17, 15) is 80.9 Å². The number of hydrogen-bond acceptors (Lipinski definition) is 18. The Kier molecular flexibility index (Phi) is 34.6. The van der Waals surface area contributed by atoms with Crippen LogP contribution in [0.2, 0.25) is 10.0 Å². The maximum absolute atomic E-state index is 13.9. The van der Waals surface area contributed by atoms with Crippen LogP contribution in [0.15, 0.2) is 218 Å². The Morgan fingerprint density at radius 1 is 0.281 bits per heavy atom. The van der Waals surface area contributed by atoms with Crippen molar-refractivity contribution in [2.75, 3.05) is 39.6 Å². The van der Waals surface area contributed by atoms with Crippen molar-refractivity contribution in [3.63, 3.8) is 0 Å². The van der Waals surface area contributed by atoms with E-state index >= 15 is 0 Å². The lowest BCUT2D eigenvalue weighted by molar-refractivity contribution is -0.138. The number of hydrogen-bond donors (Lipinski definition) is 6. The van der Waals surface area contributed by atoms with Crippen LogP contribution >= 0.6 is 23.2 Å². The highest BCUT2D eigenvalue weighted by atomic mass is 35.5. The Balaban J connectivity index is 0.000000137. The first kappa shape index (κ1) is 101. The maximum atomic E-state index is 13.9. The summed E-state index contributed by atoms with van der Waals surface area (Å²) in [6.07, 6.45) is 0.889. The van der Waals surface area contributed by atoms with Gasteiger partial charge >= 0.3 is 48.9 Å². The highest BCUT2D eigenvalue weighted by Crippen LogP contribution is 2.34. The van der Waals surface area contributed by atoms with Crippen LogP contribution in [-0.4, -0.2) is 147 Å². The third-order valence-corrected chi connectivity index (χ3v) is 25.1. The van der Waals surface area contributed by atoms with Gasteiger partial charge in [0.2, 0.25) is 0 Å². The zero-order valence-electron chi connectivity index (χ0n) is 75.7. The van der Waals surface area contributed by atoms with Gasteiger partial charge in [-0.2, -0.15) is 13.2 Å². The summed E-state index contributed by atoms with van der Waals surface area (Å²) in [6, 6.07) is 62.9. The van der Waals surface area contributed by atoms with E-state index in [4.69, 9.17) is 51.1 Å². The molecule has 12 aromatic rings. The number of Topliss-reactive ketones (excluding diaryl/α,β-unsaturated/α-hetero) is 6. The third kappa shape index (κ3) is 26.8. The molecule has 0 bridgehead atoms. The van der Waals surface area contributed by atoms with Gasteiger partial charge < -0.3 is 58.1 Å². The minimum absolute atomic E-state index is 0.00747. The topological polar surface area (TPSA) is 279 Å². The van der Waals surface area contributed by atoms with E-state index in [1.54, 1.807) is 93.6 Å². The van der Waals surface area contributed by atoms with Gasteiger partial charge in [0.05, 0.1) is 16.1 Å². The van der Waals surface area contributed by atoms with Crippen molar-refractivity contribution < 1.29 is 109 Å². The van der Waals surface area contributed by atoms with E-state index < -0.39 is 66.1 Å². The molecular formula is C104H99B6Cl2F5O18. The molecule has 135 heavy (non-hydrogen) atoms. The lowest BCUT2D eigenvalue weighted by Crippen LogP contribution is -2.41. The van der Waals surface area contributed by atoms with Crippen LogP contribution in [0.4, 0.5) is 22.0 Å². The van der Waals surface area contributed by atoms with Gasteiger partial charge in [-0.3, -0.25) is 28.8 Å². The van der Waals surface area contributed by atoms with Crippen LogP contribution in [0, 0.1) is 60.1 Å². The number of fused-ring (bicyclic) bond motifs is 6. The first-order valence-electron chi connectivity index (χ1n) is 44.4. The highest BCUT2D eigenvalue weighted by molar-refractivity contribution is 6.63. The fourth-order valence-corrected chi connectivity index (χ4v) is 17.0. The summed E-state index contributed by atoms with van der Waals surface area (Å²) in [5.41, 5.74) is 22.3. The molecule has 6 aliphatic rings. The van der Waals surface area contributed by atoms with Gasteiger partial charge in [-0.25, -0.2) is 8.78 Å². The number of carbonyl (C=O) groups is 6. The Morgan fingerprint density at radius 2 is 0.563 bits per heavy atom. The molecule has 31 heteroatoms. The van der Waals surface area contributed by atoms with Gasteiger partial charge in [0.25, 0.3) is 0 Å². The van der Waals surface area contributed by atoms with Gasteiger partial charge in [0.15, 0.2) is 34.7 Å². The second kappa shape index (κ2) is 46.1. The summed E-state index contributed by atoms with van der Waals surface area (Å²) in [4.78, 5) is 74.2. The van der Waals surface area contributed by atoms with Crippen molar-refractivity contribution in [1.29, 1.82) is 0 Å². The quantitative estimate of drug-likeness (QED) is 0.0264. The second-order valence-electron chi connectivity index (χ2n) is 34.4. The summed E-state index contributed by atoms with van der Waals surface area (Å²) < 4.78 is 98.3. The van der Waals surface area contributed by atoms with Crippen molar-refractivity contribution in [2.45, 2.75) is 132 Å². The fraction of sp³-hybridized carbons (Fsp3) is 0.250. The number of halogens is 7. The van der Waals surface area contributed by atoms with E-state index in [2.05, 4.69) is 0 Å². The van der Waals surface area contributed by atoms with Gasteiger partial charge in [-0.15, -0.1) is 0 Å². The molecule has 0 saturated heterocycles. The molecule has 0 fully saturated rings. The number of rotatable bonds is 18. The number of aryl methyl sites for hydroxylation is 7. The molecule has 0 atom stereocenters. The zero-order chi connectivity index (χ0) is 96.6. The lowest BCUT2D eigenvalue weighted by Gasteiger charge is -2.19. The Labute approximate surface area is 793 Å². The van der Waals surface area contributed by atoms with Crippen molar-refractivity contribution in [3.05, 3.63) is 385 Å². The molecule has 6 heterocycles. The molecule has 18 rings (SSSR count). The first-order chi connectivity index (χ1) is 64.5. The molecule has 690 valence electrons. The Bertz CT molecular complexity index is 6020. The van der Waals surface area contributed by atoms with E-state index in [1.807, 2.05) is 137 Å². The van der Waals surface area contributed by atoms with Crippen LogP contribution in [0.3, 0.4) is 0 Å². The number of carbonyl (C=O) groups excluding carboxylic acids is 6. The lowest BCUT2D eigenvalue weighted by atomic mass is 9.72. The average molecular weight is 1870 g/mol. The molecule has 0 aromatic heterocycles. The molecule has 0 aliphatic carbocycles. The molecule has 0 spiro atoms. The zero-order valence-corrected chi connectivity index (χ0v) is 77.2. The minimum atomic E-state index is -4.59. The Morgan fingerprint density at radius 3 is 0.881 bits per heavy atom. The first-order valence-corrected chi connectivity index (χ1v) is 45.2. The SMILES string of the molecule is Cc1ccc(C(=O)Cc2ccc3c(c2)B(O)OCC3)c(C(F)(F)F)c1.Cc1ccc(C(=O)Cc2ccc3c(c2)B(O)OCC3)c(Cl)c1.Cc1ccc(C(=O)Cc2ccc3c(c2)B(O)OCC3)c(F)c1.Cc1ccc(C(=O)Cc2ccc3c(c2)B(O)OCC3)cc1C.Cc1ccc(C(=O)Cc2ccc3c(c2)B(O)OCC3)cc1Cl.Cc1ccc(C(=O)Cc2ccc3c(c2)B(O)OCC3)cc1F. The maximum Gasteiger partial charge on any atom is 0.491 e. The van der Waals surface area contributed by atoms with E-state index in [-0.39, 0.29) is 78.0 Å². The van der Waals surface area contributed by atoms with Crippen LogP contribution in [-0.2, 0) is 111 Å². The summed E-state index contributed by atoms with van der Waals surface area (Å²) in [5.74, 6) is -1.84. The normalized spacial score (nSPS) is 14.0. The molecular weight excluding hydrogens is 1770 g/mol. The molecule has 12 aromatic carbocycles. The molecule has 0 saturated carbocycles. The third-order valence-electron chi connectivity index (χ3n) is 24.4. The molecule has 18 nitrogen and oxygen atoms in total. The van der Waals surface area contributed by atoms with Crippen molar-refractivity contribution in [3.8, 4) is 0 Å². The number of alkyl halides is 3. The van der Waals surface area contributed by atoms with Crippen LogP contribution in [0.1, 0.15) is 173 Å². The van der Waals surface area contributed by atoms with E-state index in [1.165, 1.54) is 35.9 Å². The van der Waals surface area contributed by atoms with Crippen LogP contribution < -0.4 is 32.8 Å². The predicted molar refractivity (Wildman–Crippen MR) is 517 cm³/mol. The van der Waals surface area contributed by atoms with Gasteiger partial charge in [-0.1, -0.05) is 199 Å². The summed E-state index contributed by atoms with van der Waals surface area (Å²) in [7, 11) is -5.62. The molecule has 0 unspecified atom stereocenters. The predicted octanol–water partition coefficient (Wildman–Crippen LogP) is 13.0. The summed E-state index contributed by atoms with van der Waals surface area (Å²) in [6.45, 7) is 15.8. The summed E-state index contributed by atoms with van der Waals surface area (Å²) in [5, 5.41) is 60.3. The Hall–Kier alpha value is -11.2. The smallest absolute Gasteiger partial charge is 0.423 e. The number of benzene rings is 12. The van der Waals surface area contributed by atoms with Gasteiger partial charge in [0, 0.05) is 111 Å². The largest absolute Gasteiger partial charge is 0.491 e. The molecule has 0 amide bonds. The number of ketones is 6. The monoisotopic (exact) mass is 1870 g/mol. The van der Waals surface area contributed by atoms with E-state index in [0.717, 1.165) is 144 Å². The van der Waals surface area contributed by atoms with Crippen molar-refractivity contribution in [1.82, 2.24) is 0 Å². The fourth-order valence-electron chi connectivity index (χ4n) is 16.5. The second-order valence-corrected chi connectivity index (χ2v) is 35.2. The highest BCUT2D eigenvalue weighted by Gasteiger charge is 2.37. The molecule has 6 N–H and O–H groups in total. The summed E-state index contributed by atoms with van der Waals surface area (Å²) >= 11 is 12.2. The van der Waals surface area contributed by atoms with E-state index in [0.29, 0.717) is 112 Å². The van der Waals surface area contributed by atoms with Crippen molar-refractivity contribution in [2.24, 2.45) is 0 Å². The van der Waals surface area contributed by atoms with Gasteiger partial charge in [0.1, 0.15) is 11.6 Å². The average Bonchev–Trinajstić information content (AvgIpc) is 0.795. The standard InChI is InChI=1S/C18H16BF3O3.C18H19BO3.2C17H16BClO3.2C17H16BFO3/c1-11-2-5-14(15(8-11)18(20,21)22)17(23)10-12-3-4-13-6-7-25-19(24)16(13)9-12;1-12-3-5-16(9-13(12)2)18(20)11-14-4-6-15-7-8-22-19(21)17(15)10-14;1-11-2-5-14(16(19)8-11)17(20)10-12-3-4-13-6-7-22-18(21)15(13)9-12;1-11-2-4-14(10-16(11)19)17(20)9-12-3-5-13-6-7-22-18(21)15(13)8-12;1-11-2-5-14(16(19)8-11)17(20)10-12-3-4-13-6-7-22-18(21)15(13)9-12;1-11-2-4-14(10-16(11)19)17(20)9-12-3-5-13-6-7-22-18(21)15(13)8-12/h2-5,8-9,24H,6-7,10H2,1H3;3-6,9-10,21H,7-8,11H2,1-2H3;2-5,8-9,21H,6-7,10H2,1H3;2-5,8,10,21H,6-7,9H2,1H3;2-5,8-9,21H,6-7,10H2,1H3;2-5,8,10,21H,6-7,9H2,1H3. The molecule has 6 aliphatic heterocycles. The van der Waals surface area contributed by atoms with Crippen molar-refractivity contribution >= 4 is 133 Å². The minimum Gasteiger partial charge on any atom is -0.423 e. The van der Waals surface area contributed by atoms with Gasteiger partial charge in [-0.05, 0) is 268 Å².